The molecule has 0 spiro atoms. The predicted octanol–water partition coefficient (Wildman–Crippen LogP) is 7.22. The van der Waals surface area contributed by atoms with Crippen LogP contribution in [0, 0.1) is 0 Å². The summed E-state index contributed by atoms with van der Waals surface area (Å²) in [6.45, 7) is 13.7. The Morgan fingerprint density at radius 2 is 1.84 bits per heavy atom. The molecule has 234 valence electrons. The van der Waals surface area contributed by atoms with Crippen LogP contribution in [-0.4, -0.2) is 76.7 Å². The van der Waals surface area contributed by atoms with E-state index < -0.39 is 0 Å². The van der Waals surface area contributed by atoms with Crippen LogP contribution in [0.2, 0.25) is 0 Å². The Bertz CT molecular complexity index is 1490. The fraction of sp³-hybridized carbons (Fsp3) is 0.556. The largest absolute Gasteiger partial charge is 0.371 e. The van der Waals surface area contributed by atoms with Crippen LogP contribution < -0.4 is 9.80 Å². The molecule has 0 N–H and O–H groups in total. The summed E-state index contributed by atoms with van der Waals surface area (Å²) >= 11 is 0. The number of anilines is 2. The Labute approximate surface area is 263 Å². The highest BCUT2D eigenvalue weighted by atomic mass is 15.3. The molecule has 44 heavy (non-hydrogen) atoms. The lowest BCUT2D eigenvalue weighted by Gasteiger charge is -2.32. The third kappa shape index (κ3) is 6.75. The lowest BCUT2D eigenvalue weighted by molar-refractivity contribution is 0.195. The Morgan fingerprint density at radius 1 is 1.00 bits per heavy atom. The molecule has 0 atom stereocenters. The summed E-state index contributed by atoms with van der Waals surface area (Å²) in [6.07, 6.45) is 20.9. The summed E-state index contributed by atoms with van der Waals surface area (Å²) in [5.41, 5.74) is 6.19. The number of aliphatic imine (C=N–C) groups is 1. The molecule has 0 radical (unpaired) electrons. The van der Waals surface area contributed by atoms with Crippen LogP contribution >= 0.6 is 0 Å². The Morgan fingerprint density at radius 3 is 2.61 bits per heavy atom. The molecule has 1 aromatic carbocycles. The summed E-state index contributed by atoms with van der Waals surface area (Å²) in [4.78, 5) is 22.5. The van der Waals surface area contributed by atoms with E-state index in [0.717, 1.165) is 93.3 Å². The number of likely N-dealkylation sites (tertiary alicyclic amines) is 1. The van der Waals surface area contributed by atoms with Crippen molar-refractivity contribution < 1.29 is 0 Å². The lowest BCUT2D eigenvalue weighted by atomic mass is 10.0. The molecule has 2 saturated heterocycles. The second-order valence-corrected chi connectivity index (χ2v) is 12.7. The zero-order valence-electron chi connectivity index (χ0n) is 27.1. The summed E-state index contributed by atoms with van der Waals surface area (Å²) in [6, 6.07) is 7.25. The van der Waals surface area contributed by atoms with E-state index in [9.17, 15) is 0 Å². The first kappa shape index (κ1) is 30.5. The molecule has 0 unspecified atom stereocenters. The van der Waals surface area contributed by atoms with Crippen LogP contribution in [0.5, 0.6) is 0 Å². The van der Waals surface area contributed by atoms with Crippen molar-refractivity contribution in [2.75, 3.05) is 55.6 Å². The number of piperidine rings is 2. The summed E-state index contributed by atoms with van der Waals surface area (Å²) in [5.74, 6) is 1.90. The molecule has 6 rings (SSSR count). The highest BCUT2D eigenvalue weighted by Gasteiger charge is 2.27. The van der Waals surface area contributed by atoms with Gasteiger partial charge in [0.05, 0.1) is 17.6 Å². The van der Waals surface area contributed by atoms with Crippen molar-refractivity contribution in [2.45, 2.75) is 84.6 Å². The van der Waals surface area contributed by atoms with E-state index in [-0.39, 0.29) is 0 Å². The lowest BCUT2D eigenvalue weighted by Crippen LogP contribution is -2.36. The Kier molecular flexibility index (Phi) is 10.1. The topological polar surface area (TPSA) is 65.7 Å². The second kappa shape index (κ2) is 14.5. The molecule has 8 nitrogen and oxygen atoms in total. The fourth-order valence-corrected chi connectivity index (χ4v) is 7.15. The van der Waals surface area contributed by atoms with Crippen LogP contribution in [0.4, 0.5) is 11.5 Å². The standard InChI is InChI=1S/C36H50N8/c1-4-7-9-18-42-23-15-29-24-30(13-14-33(29)42)34-39-35(43-19-10-8-11-20-43)32-26-38-44(36(32)40-34)31-16-21-41(22-17-31)27-28(12-5-2)25-37-6-3/h5-6,12-14,24-26,31H,4,7-11,15-23,27H2,1-3H3/b12-5-,28-25+,37-6-. The molecule has 8 heteroatoms. The van der Waals surface area contributed by atoms with E-state index in [1.807, 2.05) is 25.5 Å². The van der Waals surface area contributed by atoms with Gasteiger partial charge in [0, 0.05) is 69.5 Å². The van der Waals surface area contributed by atoms with Crippen molar-refractivity contribution in [3.05, 3.63) is 53.9 Å². The number of allylic oxidation sites excluding steroid dienone is 1. The number of aromatic nitrogens is 4. The summed E-state index contributed by atoms with van der Waals surface area (Å²) < 4.78 is 2.22. The number of hydrogen-bond acceptors (Lipinski definition) is 7. The van der Waals surface area contributed by atoms with Crippen LogP contribution in [0.25, 0.3) is 22.4 Å². The van der Waals surface area contributed by atoms with Gasteiger partial charge in [0.2, 0.25) is 0 Å². The second-order valence-electron chi connectivity index (χ2n) is 12.7. The molecule has 2 fully saturated rings. The predicted molar refractivity (Wildman–Crippen MR) is 184 cm³/mol. The van der Waals surface area contributed by atoms with Gasteiger partial charge in [-0.25, -0.2) is 14.6 Å². The van der Waals surface area contributed by atoms with E-state index >= 15 is 0 Å². The van der Waals surface area contributed by atoms with Crippen LogP contribution in [0.15, 0.2) is 53.3 Å². The van der Waals surface area contributed by atoms with Crippen LogP contribution in [0.3, 0.4) is 0 Å². The monoisotopic (exact) mass is 594 g/mol. The van der Waals surface area contributed by atoms with Crippen molar-refractivity contribution >= 4 is 28.8 Å². The number of nitrogens with zero attached hydrogens (tertiary/aromatic N) is 8. The maximum atomic E-state index is 5.27. The molecule has 3 aromatic rings. The third-order valence-corrected chi connectivity index (χ3v) is 9.53. The SMILES string of the molecule is C\C=C/C(=C\N=C/C)CN1CCC(n2ncc3c(N4CCCCC4)nc(-c4ccc5c(c4)CCN5CCCCC)nc32)CC1. The van der Waals surface area contributed by atoms with Crippen molar-refractivity contribution in [2.24, 2.45) is 4.99 Å². The first-order valence-corrected chi connectivity index (χ1v) is 17.1. The van der Waals surface area contributed by atoms with Crippen molar-refractivity contribution in [3.8, 4) is 11.4 Å². The normalized spacial score (nSPS) is 18.8. The Balaban J connectivity index is 1.27. The molecule has 0 saturated carbocycles. The molecule has 5 heterocycles. The molecule has 3 aliphatic rings. The van der Waals surface area contributed by atoms with Gasteiger partial charge in [0.1, 0.15) is 5.82 Å². The minimum absolute atomic E-state index is 0.334. The maximum Gasteiger partial charge on any atom is 0.164 e. The van der Waals surface area contributed by atoms with Crippen molar-refractivity contribution in [3.63, 3.8) is 0 Å². The summed E-state index contributed by atoms with van der Waals surface area (Å²) in [5, 5.41) is 6.08. The molecular formula is C36H50N8. The molecular weight excluding hydrogens is 544 g/mol. The average molecular weight is 595 g/mol. The number of unbranched alkanes of at least 4 members (excludes halogenated alkanes) is 2. The number of benzene rings is 1. The van der Waals surface area contributed by atoms with Gasteiger partial charge in [-0.1, -0.05) is 31.9 Å². The van der Waals surface area contributed by atoms with Gasteiger partial charge < -0.3 is 9.80 Å². The molecule has 2 aromatic heterocycles. The van der Waals surface area contributed by atoms with E-state index in [0.29, 0.717) is 6.04 Å². The fourth-order valence-electron chi connectivity index (χ4n) is 7.15. The molecule has 0 aliphatic carbocycles. The maximum absolute atomic E-state index is 5.27. The van der Waals surface area contributed by atoms with Gasteiger partial charge in [-0.3, -0.25) is 9.89 Å². The smallest absolute Gasteiger partial charge is 0.164 e. The zero-order chi connectivity index (χ0) is 30.3. The highest BCUT2D eigenvalue weighted by Crippen LogP contribution is 2.35. The van der Waals surface area contributed by atoms with Crippen LogP contribution in [-0.2, 0) is 6.42 Å². The van der Waals surface area contributed by atoms with Gasteiger partial charge in [-0.2, -0.15) is 5.10 Å². The number of rotatable bonds is 11. The van der Waals surface area contributed by atoms with Crippen molar-refractivity contribution in [1.82, 2.24) is 24.6 Å². The summed E-state index contributed by atoms with van der Waals surface area (Å²) in [7, 11) is 0. The third-order valence-electron chi connectivity index (χ3n) is 9.53. The average Bonchev–Trinajstić information content (AvgIpc) is 3.68. The van der Waals surface area contributed by atoms with E-state index in [4.69, 9.17) is 15.1 Å². The van der Waals surface area contributed by atoms with Gasteiger partial charge in [-0.05, 0) is 88.1 Å². The van der Waals surface area contributed by atoms with Gasteiger partial charge in [-0.15, -0.1) is 0 Å². The minimum Gasteiger partial charge on any atom is -0.371 e. The molecule has 0 bridgehead atoms. The highest BCUT2D eigenvalue weighted by molar-refractivity contribution is 5.89. The number of fused-ring (bicyclic) bond motifs is 2. The van der Waals surface area contributed by atoms with E-state index in [1.54, 1.807) is 0 Å². The number of hydrogen-bond donors (Lipinski definition) is 0. The zero-order valence-corrected chi connectivity index (χ0v) is 27.1. The first-order valence-electron chi connectivity index (χ1n) is 17.1. The molecule has 3 aliphatic heterocycles. The van der Waals surface area contributed by atoms with Gasteiger partial charge >= 0.3 is 0 Å². The minimum atomic E-state index is 0.334. The Hall–Kier alpha value is -3.52. The van der Waals surface area contributed by atoms with Gasteiger partial charge in [0.15, 0.2) is 11.5 Å². The molecule has 0 amide bonds. The van der Waals surface area contributed by atoms with Crippen LogP contribution in [0.1, 0.15) is 83.7 Å². The van der Waals surface area contributed by atoms with Gasteiger partial charge in [0.25, 0.3) is 0 Å². The van der Waals surface area contributed by atoms with Crippen molar-refractivity contribution in [1.29, 1.82) is 0 Å². The first-order chi connectivity index (χ1) is 21.7. The van der Waals surface area contributed by atoms with E-state index in [1.165, 1.54) is 55.3 Å². The quantitative estimate of drug-likeness (QED) is 0.133. The van der Waals surface area contributed by atoms with E-state index in [2.05, 4.69) is 68.6 Å².